The number of rotatable bonds is 7. The summed E-state index contributed by atoms with van der Waals surface area (Å²) < 4.78 is 60.9. The molecule has 2 aromatic heterocycles. The lowest BCUT2D eigenvalue weighted by Crippen LogP contribution is -2.15. The van der Waals surface area contributed by atoms with Crippen LogP contribution in [0.5, 0.6) is 5.88 Å². The molecule has 5 rings (SSSR count). The van der Waals surface area contributed by atoms with Gasteiger partial charge in [-0.3, -0.25) is 4.72 Å². The van der Waals surface area contributed by atoms with E-state index in [0.29, 0.717) is 39.2 Å². The Morgan fingerprint density at radius 2 is 1.77 bits per heavy atom. The Hall–Kier alpha value is -5.26. The molecule has 13 heteroatoms. The SMILES string of the molecule is COc1ncc(-c2ccc3nc(N)c(-c4ccccc4)c(N=[N+]=[N-])c3c2)cc1NS(=O)(=O)c1ccc(F)cc1F. The summed E-state index contributed by atoms with van der Waals surface area (Å²) in [5.41, 5.74) is 18.4. The molecule has 0 saturated carbocycles. The third kappa shape index (κ3) is 4.94. The summed E-state index contributed by atoms with van der Waals surface area (Å²) >= 11 is 0. The average Bonchev–Trinajstić information content (AvgIpc) is 2.93. The third-order valence-corrected chi connectivity index (χ3v) is 7.40. The van der Waals surface area contributed by atoms with Crippen LogP contribution in [0.1, 0.15) is 0 Å². The molecule has 0 radical (unpaired) electrons. The van der Waals surface area contributed by atoms with Gasteiger partial charge in [0.15, 0.2) is 0 Å². The molecule has 40 heavy (non-hydrogen) atoms. The van der Waals surface area contributed by atoms with Gasteiger partial charge in [-0.2, -0.15) is 0 Å². The predicted molar refractivity (Wildman–Crippen MR) is 147 cm³/mol. The second kappa shape index (κ2) is 10.5. The number of hydrogen-bond acceptors (Lipinski definition) is 7. The Labute approximate surface area is 226 Å². The molecule has 0 aliphatic heterocycles. The van der Waals surface area contributed by atoms with E-state index in [-0.39, 0.29) is 23.1 Å². The van der Waals surface area contributed by atoms with E-state index in [2.05, 4.69) is 24.7 Å². The van der Waals surface area contributed by atoms with Crippen molar-refractivity contribution in [3.63, 3.8) is 0 Å². The van der Waals surface area contributed by atoms with Crippen molar-refractivity contribution in [1.29, 1.82) is 0 Å². The molecular weight excluding hydrogens is 540 g/mol. The van der Waals surface area contributed by atoms with Crippen molar-refractivity contribution >= 4 is 38.1 Å². The van der Waals surface area contributed by atoms with Gasteiger partial charge in [0, 0.05) is 33.7 Å². The minimum atomic E-state index is -4.47. The number of ether oxygens (including phenoxy) is 1. The lowest BCUT2D eigenvalue weighted by atomic mass is 9.98. The smallest absolute Gasteiger partial charge is 0.264 e. The van der Waals surface area contributed by atoms with Crippen molar-refractivity contribution in [2.24, 2.45) is 5.11 Å². The molecule has 2 heterocycles. The summed E-state index contributed by atoms with van der Waals surface area (Å²) in [5, 5.41) is 4.41. The Morgan fingerprint density at radius 1 is 1.00 bits per heavy atom. The number of anilines is 2. The molecule has 0 amide bonds. The van der Waals surface area contributed by atoms with Crippen LogP contribution >= 0.6 is 0 Å². The quantitative estimate of drug-likeness (QED) is 0.130. The summed E-state index contributed by atoms with van der Waals surface area (Å²) in [6.07, 6.45) is 1.45. The first-order valence-corrected chi connectivity index (χ1v) is 13.1. The van der Waals surface area contributed by atoms with Gasteiger partial charge < -0.3 is 10.5 Å². The van der Waals surface area contributed by atoms with Crippen molar-refractivity contribution in [2.75, 3.05) is 17.6 Å². The van der Waals surface area contributed by atoms with Crippen LogP contribution in [0.4, 0.5) is 26.0 Å². The summed E-state index contributed by atoms with van der Waals surface area (Å²) in [4.78, 5) is 10.9. The maximum Gasteiger partial charge on any atom is 0.264 e. The second-order valence-electron chi connectivity index (χ2n) is 8.47. The first-order chi connectivity index (χ1) is 19.2. The Kier molecular flexibility index (Phi) is 6.91. The topological polar surface area (TPSA) is 156 Å². The van der Waals surface area contributed by atoms with Gasteiger partial charge in [-0.05, 0) is 47.0 Å². The third-order valence-electron chi connectivity index (χ3n) is 6.00. The van der Waals surface area contributed by atoms with Crippen molar-refractivity contribution in [3.05, 3.63) is 101 Å². The number of halogens is 2. The normalized spacial score (nSPS) is 11.2. The zero-order chi connectivity index (χ0) is 28.4. The summed E-state index contributed by atoms with van der Waals surface area (Å²) in [6.45, 7) is 0. The minimum Gasteiger partial charge on any atom is -0.480 e. The number of sulfonamides is 1. The summed E-state index contributed by atoms with van der Waals surface area (Å²) in [6, 6.07) is 17.8. The molecule has 0 aliphatic rings. The number of pyridine rings is 2. The monoisotopic (exact) mass is 559 g/mol. The van der Waals surface area contributed by atoms with Gasteiger partial charge in [-0.1, -0.05) is 41.5 Å². The maximum absolute atomic E-state index is 14.3. The summed E-state index contributed by atoms with van der Waals surface area (Å²) in [7, 11) is -3.18. The van der Waals surface area contributed by atoms with Crippen molar-refractivity contribution in [1.82, 2.24) is 9.97 Å². The van der Waals surface area contributed by atoms with Crippen LogP contribution in [-0.2, 0) is 10.0 Å². The van der Waals surface area contributed by atoms with Gasteiger partial charge in [0.2, 0.25) is 5.88 Å². The molecule has 0 spiro atoms. The molecule has 0 atom stereocenters. The number of fused-ring (bicyclic) bond motifs is 1. The van der Waals surface area contributed by atoms with Crippen LogP contribution < -0.4 is 15.2 Å². The van der Waals surface area contributed by atoms with Gasteiger partial charge in [0.25, 0.3) is 10.0 Å². The number of nitrogen functional groups attached to an aromatic ring is 1. The Morgan fingerprint density at radius 3 is 2.48 bits per heavy atom. The van der Waals surface area contributed by atoms with Crippen LogP contribution in [0.25, 0.3) is 43.6 Å². The zero-order valence-corrected chi connectivity index (χ0v) is 21.5. The number of nitrogens with one attached hydrogen (secondary N) is 1. The number of benzene rings is 3. The van der Waals surface area contributed by atoms with E-state index in [9.17, 15) is 22.7 Å². The van der Waals surface area contributed by atoms with Crippen molar-refractivity contribution in [3.8, 4) is 28.1 Å². The van der Waals surface area contributed by atoms with Gasteiger partial charge >= 0.3 is 0 Å². The van der Waals surface area contributed by atoms with Crippen LogP contribution in [0.15, 0.2) is 89.0 Å². The molecule has 0 saturated heterocycles. The molecule has 200 valence electrons. The Bertz CT molecular complexity index is 1930. The van der Waals surface area contributed by atoms with E-state index in [0.717, 1.165) is 12.1 Å². The fourth-order valence-corrected chi connectivity index (χ4v) is 5.33. The molecule has 5 aromatic rings. The van der Waals surface area contributed by atoms with Crippen LogP contribution in [0.3, 0.4) is 0 Å². The van der Waals surface area contributed by atoms with E-state index in [1.165, 1.54) is 19.4 Å². The second-order valence-corrected chi connectivity index (χ2v) is 10.1. The number of hydrogen-bond donors (Lipinski definition) is 2. The molecule has 10 nitrogen and oxygen atoms in total. The van der Waals surface area contributed by atoms with Gasteiger partial charge in [0.1, 0.15) is 28.0 Å². The zero-order valence-electron chi connectivity index (χ0n) is 20.7. The lowest BCUT2D eigenvalue weighted by Gasteiger charge is -2.15. The number of aromatic nitrogens is 2. The number of nitrogens with two attached hydrogens (primary N) is 1. The highest BCUT2D eigenvalue weighted by Gasteiger charge is 2.22. The first kappa shape index (κ1) is 26.4. The van der Waals surface area contributed by atoms with Gasteiger partial charge in [0.05, 0.1) is 18.3 Å². The van der Waals surface area contributed by atoms with Gasteiger partial charge in [-0.15, -0.1) is 0 Å². The molecular formula is C27H19F2N7O3S. The van der Waals surface area contributed by atoms with Crippen molar-refractivity contribution in [2.45, 2.75) is 4.90 Å². The van der Waals surface area contributed by atoms with E-state index < -0.39 is 26.6 Å². The van der Waals surface area contributed by atoms with Crippen LogP contribution in [0.2, 0.25) is 0 Å². The molecule has 0 bridgehead atoms. The highest BCUT2D eigenvalue weighted by molar-refractivity contribution is 7.92. The van der Waals surface area contributed by atoms with E-state index in [1.807, 2.05) is 30.3 Å². The maximum atomic E-state index is 14.3. The van der Waals surface area contributed by atoms with E-state index >= 15 is 0 Å². The number of methoxy groups -OCH3 is 1. The number of nitrogens with zero attached hydrogens (tertiary/aromatic N) is 5. The molecule has 0 fully saturated rings. The Balaban J connectivity index is 1.64. The fourth-order valence-electron chi connectivity index (χ4n) is 4.22. The van der Waals surface area contributed by atoms with E-state index in [4.69, 9.17) is 10.5 Å². The number of azide groups is 1. The lowest BCUT2D eigenvalue weighted by molar-refractivity contribution is 0.400. The van der Waals surface area contributed by atoms with Crippen molar-refractivity contribution < 1.29 is 21.9 Å². The van der Waals surface area contributed by atoms with E-state index in [1.54, 1.807) is 18.2 Å². The minimum absolute atomic E-state index is 0.0776. The molecule has 0 aliphatic carbocycles. The highest BCUT2D eigenvalue weighted by atomic mass is 32.2. The highest BCUT2D eigenvalue weighted by Crippen LogP contribution is 2.41. The van der Waals surface area contributed by atoms with Crippen LogP contribution in [-0.4, -0.2) is 25.5 Å². The molecule has 3 aromatic carbocycles. The van der Waals surface area contributed by atoms with Gasteiger partial charge in [-0.25, -0.2) is 27.2 Å². The molecule has 0 unspecified atom stereocenters. The fraction of sp³-hybridized carbons (Fsp3) is 0.0370. The largest absolute Gasteiger partial charge is 0.480 e. The predicted octanol–water partition coefficient (Wildman–Crippen LogP) is 6.58. The molecule has 3 N–H and O–H groups in total. The first-order valence-electron chi connectivity index (χ1n) is 11.6. The standard InChI is InChI=1S/C27H19F2N7O3S/c1-39-27-22(35-40(37,38)23-10-8-18(28)13-20(23)29)12-17(14-32-27)16-7-9-21-19(11-16)25(34-36-31)24(26(30)33-21)15-5-3-2-4-6-15/h2-14,35H,1H3,(H2,30,33). The average molecular weight is 560 g/mol. The summed E-state index contributed by atoms with van der Waals surface area (Å²) in [5.74, 6) is -2.06. The van der Waals surface area contributed by atoms with Crippen LogP contribution in [0, 0.1) is 11.6 Å².